The zero-order valence-corrected chi connectivity index (χ0v) is 22.7. The number of nitrogens with zero attached hydrogens (tertiary/aromatic N) is 2. The summed E-state index contributed by atoms with van der Waals surface area (Å²) in [5.74, 6) is -0.731. The van der Waals surface area contributed by atoms with Crippen molar-refractivity contribution in [1.82, 2.24) is 10.3 Å². The number of benzene rings is 3. The molecule has 3 aromatic carbocycles. The maximum absolute atomic E-state index is 13.5. The summed E-state index contributed by atoms with van der Waals surface area (Å²) in [6.45, 7) is 0.767. The average Bonchev–Trinajstić information content (AvgIpc) is 2.97. The van der Waals surface area contributed by atoms with Gasteiger partial charge in [0, 0.05) is 40.9 Å². The molecule has 2 atom stereocenters. The second kappa shape index (κ2) is 12.7. The van der Waals surface area contributed by atoms with Gasteiger partial charge in [-0.3, -0.25) is 14.6 Å². The molecule has 40 heavy (non-hydrogen) atoms. The van der Waals surface area contributed by atoms with E-state index in [0.717, 1.165) is 41.5 Å². The number of carbonyl (C=O) groups excluding carboxylic acids is 2. The van der Waals surface area contributed by atoms with Crippen molar-refractivity contribution in [3.8, 4) is 0 Å². The standard InChI is InChI=1S/C32H30ClFN4O2/c33-23-11-16-26-27(18-20-36-28(26)21-23)35-19-6-2-5-9-30(39)37-31-29(17-10-22-7-3-1-4-8-22)38(32(31)40)25-14-12-24(34)13-15-25/h1,3-4,7-8,10-18,20-21,29,31H,2,5-6,9,19H2,(H,35,36)(H,37,39)/b17-10+/t29-,31+/m0/s1. The van der Waals surface area contributed by atoms with Crippen LogP contribution in [0.4, 0.5) is 15.8 Å². The highest BCUT2D eigenvalue weighted by Gasteiger charge is 2.47. The number of aromatic nitrogens is 1. The van der Waals surface area contributed by atoms with Crippen LogP contribution in [0.5, 0.6) is 0 Å². The van der Waals surface area contributed by atoms with Crippen molar-refractivity contribution >= 4 is 51.8 Å². The number of hydrogen-bond donors (Lipinski definition) is 2. The van der Waals surface area contributed by atoms with Crippen molar-refractivity contribution in [2.24, 2.45) is 0 Å². The summed E-state index contributed by atoms with van der Waals surface area (Å²) < 4.78 is 13.5. The number of unbranched alkanes of at least 4 members (excludes halogenated alkanes) is 2. The van der Waals surface area contributed by atoms with Gasteiger partial charge in [0.2, 0.25) is 5.91 Å². The number of anilines is 2. The predicted octanol–water partition coefficient (Wildman–Crippen LogP) is 6.61. The van der Waals surface area contributed by atoms with E-state index in [1.807, 2.05) is 66.7 Å². The summed E-state index contributed by atoms with van der Waals surface area (Å²) in [5.41, 5.74) is 3.43. The SMILES string of the molecule is O=C(CCCCCNc1ccnc2cc(Cl)ccc12)N[C@H]1C(=O)N(c2ccc(F)cc2)[C@H]1/C=C/c1ccccc1. The third-order valence-electron chi connectivity index (χ3n) is 6.95. The quantitative estimate of drug-likeness (QED) is 0.161. The number of pyridine rings is 1. The lowest BCUT2D eigenvalue weighted by atomic mass is 9.92. The normalized spacial score (nSPS) is 16.8. The third-order valence-corrected chi connectivity index (χ3v) is 7.19. The first kappa shape index (κ1) is 27.3. The third kappa shape index (κ3) is 6.49. The lowest BCUT2D eigenvalue weighted by Gasteiger charge is -2.45. The van der Waals surface area contributed by atoms with Gasteiger partial charge in [0.1, 0.15) is 11.9 Å². The summed E-state index contributed by atoms with van der Waals surface area (Å²) in [5, 5.41) is 8.03. The Morgan fingerprint density at radius 1 is 1.00 bits per heavy atom. The molecule has 204 valence electrons. The Hall–Kier alpha value is -4.23. The largest absolute Gasteiger partial charge is 0.384 e. The second-order valence-electron chi connectivity index (χ2n) is 9.75. The van der Waals surface area contributed by atoms with Crippen LogP contribution in [0, 0.1) is 5.82 Å². The number of carbonyl (C=O) groups is 2. The van der Waals surface area contributed by atoms with Gasteiger partial charge >= 0.3 is 0 Å². The van der Waals surface area contributed by atoms with E-state index in [9.17, 15) is 14.0 Å². The van der Waals surface area contributed by atoms with Gasteiger partial charge in [-0.15, -0.1) is 0 Å². The van der Waals surface area contributed by atoms with Crippen molar-refractivity contribution < 1.29 is 14.0 Å². The van der Waals surface area contributed by atoms with Crippen LogP contribution in [0.15, 0.2) is 91.1 Å². The van der Waals surface area contributed by atoms with Crippen LogP contribution in [-0.2, 0) is 9.59 Å². The van der Waals surface area contributed by atoms with Crippen LogP contribution < -0.4 is 15.5 Å². The van der Waals surface area contributed by atoms with E-state index in [0.29, 0.717) is 23.6 Å². The molecule has 0 radical (unpaired) electrons. The van der Waals surface area contributed by atoms with Crippen molar-refractivity contribution in [3.05, 3.63) is 108 Å². The molecule has 0 aliphatic carbocycles. The molecule has 2 amide bonds. The van der Waals surface area contributed by atoms with Crippen LogP contribution in [0.2, 0.25) is 5.02 Å². The molecule has 0 bridgehead atoms. The first-order valence-electron chi connectivity index (χ1n) is 13.4. The van der Waals surface area contributed by atoms with E-state index in [-0.39, 0.29) is 23.7 Å². The second-order valence-corrected chi connectivity index (χ2v) is 10.2. The highest BCUT2D eigenvalue weighted by atomic mass is 35.5. The summed E-state index contributed by atoms with van der Waals surface area (Å²) in [4.78, 5) is 31.7. The fourth-order valence-corrected chi connectivity index (χ4v) is 5.03. The molecule has 1 aliphatic heterocycles. The zero-order valence-electron chi connectivity index (χ0n) is 21.9. The molecule has 8 heteroatoms. The maximum atomic E-state index is 13.5. The monoisotopic (exact) mass is 556 g/mol. The van der Waals surface area contributed by atoms with Gasteiger partial charge in [0.05, 0.1) is 11.6 Å². The highest BCUT2D eigenvalue weighted by Crippen LogP contribution is 2.30. The molecule has 2 N–H and O–H groups in total. The van der Waals surface area contributed by atoms with Crippen LogP contribution >= 0.6 is 11.6 Å². The number of nitrogens with one attached hydrogen (secondary N) is 2. The average molecular weight is 557 g/mol. The molecule has 6 nitrogen and oxygen atoms in total. The van der Waals surface area contributed by atoms with Crippen molar-refractivity contribution in [3.63, 3.8) is 0 Å². The number of halogens is 2. The zero-order chi connectivity index (χ0) is 27.9. The molecule has 1 aliphatic rings. The molecule has 0 unspecified atom stereocenters. The summed E-state index contributed by atoms with van der Waals surface area (Å²) in [7, 11) is 0. The van der Waals surface area contributed by atoms with Gasteiger partial charge in [-0.1, -0.05) is 60.5 Å². The molecule has 0 spiro atoms. The number of β-lactam (4-membered cyclic amide) rings is 1. The van der Waals surface area contributed by atoms with Gasteiger partial charge < -0.3 is 15.5 Å². The Kier molecular flexibility index (Phi) is 8.71. The molecule has 1 fully saturated rings. The Morgan fingerprint density at radius 2 is 1.80 bits per heavy atom. The molecule has 5 rings (SSSR count). The minimum atomic E-state index is -0.660. The van der Waals surface area contributed by atoms with Crippen LogP contribution in [0.1, 0.15) is 31.2 Å². The van der Waals surface area contributed by atoms with Gasteiger partial charge in [0.15, 0.2) is 0 Å². The molecule has 0 saturated carbocycles. The van der Waals surface area contributed by atoms with E-state index in [2.05, 4.69) is 15.6 Å². The van der Waals surface area contributed by atoms with Crippen LogP contribution in [-0.4, -0.2) is 35.4 Å². The van der Waals surface area contributed by atoms with Gasteiger partial charge in [-0.05, 0) is 66.9 Å². The van der Waals surface area contributed by atoms with Gasteiger partial charge in [-0.2, -0.15) is 0 Å². The smallest absolute Gasteiger partial charge is 0.252 e. The van der Waals surface area contributed by atoms with E-state index in [1.165, 1.54) is 12.1 Å². The Morgan fingerprint density at radius 3 is 2.60 bits per heavy atom. The number of amides is 2. The molecule has 1 saturated heterocycles. The number of rotatable bonds is 11. The van der Waals surface area contributed by atoms with Crippen molar-refractivity contribution in [2.45, 2.75) is 37.8 Å². The molecule has 1 aromatic heterocycles. The fourth-order valence-electron chi connectivity index (χ4n) is 4.86. The topological polar surface area (TPSA) is 74.3 Å². The summed E-state index contributed by atoms with van der Waals surface area (Å²) in [6.07, 6.45) is 8.42. The van der Waals surface area contributed by atoms with E-state index < -0.39 is 6.04 Å². The first-order chi connectivity index (χ1) is 19.5. The van der Waals surface area contributed by atoms with Crippen molar-refractivity contribution in [1.29, 1.82) is 0 Å². The first-order valence-corrected chi connectivity index (χ1v) is 13.8. The van der Waals surface area contributed by atoms with Crippen LogP contribution in [0.25, 0.3) is 17.0 Å². The van der Waals surface area contributed by atoms with Gasteiger partial charge in [0.25, 0.3) is 5.91 Å². The Balaban J connectivity index is 1.12. The lowest BCUT2D eigenvalue weighted by molar-refractivity contribution is -0.132. The van der Waals surface area contributed by atoms with E-state index >= 15 is 0 Å². The summed E-state index contributed by atoms with van der Waals surface area (Å²) >= 11 is 6.07. The van der Waals surface area contributed by atoms with Crippen LogP contribution in [0.3, 0.4) is 0 Å². The van der Waals surface area contributed by atoms with Crippen molar-refractivity contribution in [2.75, 3.05) is 16.8 Å². The minimum absolute atomic E-state index is 0.153. The Bertz CT molecular complexity index is 1510. The van der Waals surface area contributed by atoms with E-state index in [4.69, 9.17) is 11.6 Å². The minimum Gasteiger partial charge on any atom is -0.384 e. The lowest BCUT2D eigenvalue weighted by Crippen LogP contribution is -2.70. The van der Waals surface area contributed by atoms with E-state index in [1.54, 1.807) is 23.2 Å². The predicted molar refractivity (Wildman–Crippen MR) is 159 cm³/mol. The molecular formula is C32H30ClFN4O2. The fraction of sp³-hybridized carbons (Fsp3) is 0.219. The Labute approximate surface area is 237 Å². The molecule has 2 heterocycles. The number of hydrogen-bond acceptors (Lipinski definition) is 4. The number of fused-ring (bicyclic) bond motifs is 1. The maximum Gasteiger partial charge on any atom is 0.252 e. The molecule has 4 aromatic rings. The summed E-state index contributed by atoms with van der Waals surface area (Å²) in [6, 6.07) is 22.1. The molecular weight excluding hydrogens is 527 g/mol. The highest BCUT2D eigenvalue weighted by molar-refractivity contribution is 6.31. The van der Waals surface area contributed by atoms with Gasteiger partial charge in [-0.25, -0.2) is 4.39 Å².